The summed E-state index contributed by atoms with van der Waals surface area (Å²) in [5.74, 6) is -0.211. The molecular formula is C14H18N2O4. The van der Waals surface area contributed by atoms with Crippen LogP contribution in [-0.2, 0) is 0 Å². The number of anilines is 1. The van der Waals surface area contributed by atoms with Gasteiger partial charge in [0.05, 0.1) is 17.1 Å². The Hall–Kier alpha value is -1.95. The van der Waals surface area contributed by atoms with E-state index in [1.165, 1.54) is 19.1 Å². The number of ketones is 1. The second kappa shape index (κ2) is 6.00. The Morgan fingerprint density at radius 3 is 2.70 bits per heavy atom. The van der Waals surface area contributed by atoms with E-state index in [0.717, 1.165) is 19.3 Å². The summed E-state index contributed by atoms with van der Waals surface area (Å²) in [6.07, 6.45) is 2.97. The summed E-state index contributed by atoms with van der Waals surface area (Å²) in [4.78, 5) is 21.9. The van der Waals surface area contributed by atoms with Gasteiger partial charge in [-0.15, -0.1) is 0 Å². The highest BCUT2D eigenvalue weighted by Gasteiger charge is 2.25. The lowest BCUT2D eigenvalue weighted by atomic mass is 9.92. The van der Waals surface area contributed by atoms with E-state index in [9.17, 15) is 20.0 Å². The van der Waals surface area contributed by atoms with Crippen molar-refractivity contribution in [3.63, 3.8) is 0 Å². The smallest absolute Gasteiger partial charge is 0.293 e. The fraction of sp³-hybridized carbons (Fsp3) is 0.500. The van der Waals surface area contributed by atoms with Crippen molar-refractivity contribution < 1.29 is 14.8 Å². The molecule has 6 heteroatoms. The molecule has 0 aliphatic heterocycles. The largest absolute Gasteiger partial charge is 0.391 e. The summed E-state index contributed by atoms with van der Waals surface area (Å²) in [5.41, 5.74) is 0.535. The highest BCUT2D eigenvalue weighted by Crippen LogP contribution is 2.29. The van der Waals surface area contributed by atoms with Gasteiger partial charge >= 0.3 is 0 Å². The number of aliphatic hydroxyl groups is 1. The van der Waals surface area contributed by atoms with Gasteiger partial charge in [0.15, 0.2) is 5.78 Å². The molecule has 0 radical (unpaired) electrons. The molecular weight excluding hydrogens is 260 g/mol. The molecule has 2 atom stereocenters. The lowest BCUT2D eigenvalue weighted by Gasteiger charge is -2.29. The number of Topliss-reactive ketones (excluding diaryl/α,β-unsaturated/α-hetero) is 1. The van der Waals surface area contributed by atoms with Crippen molar-refractivity contribution in [2.24, 2.45) is 0 Å². The van der Waals surface area contributed by atoms with E-state index in [1.807, 2.05) is 0 Å². The van der Waals surface area contributed by atoms with Gasteiger partial charge in [-0.25, -0.2) is 0 Å². The second-order valence-electron chi connectivity index (χ2n) is 5.15. The maximum atomic E-state index is 11.3. The molecule has 1 aliphatic rings. The van der Waals surface area contributed by atoms with Gasteiger partial charge in [0.1, 0.15) is 5.69 Å². The quantitative estimate of drug-likeness (QED) is 0.501. The number of aliphatic hydroxyl groups excluding tert-OH is 1. The van der Waals surface area contributed by atoms with E-state index in [-0.39, 0.29) is 17.5 Å². The Morgan fingerprint density at radius 1 is 1.40 bits per heavy atom. The molecule has 1 saturated carbocycles. The van der Waals surface area contributed by atoms with E-state index in [2.05, 4.69) is 5.32 Å². The van der Waals surface area contributed by atoms with Crippen LogP contribution in [0, 0.1) is 10.1 Å². The van der Waals surface area contributed by atoms with Gasteiger partial charge in [-0.1, -0.05) is 12.8 Å². The predicted octanol–water partition coefficient (Wildman–Crippen LogP) is 2.51. The molecule has 0 heterocycles. The molecule has 2 N–H and O–H groups in total. The van der Waals surface area contributed by atoms with Crippen molar-refractivity contribution in [1.29, 1.82) is 0 Å². The molecule has 1 aromatic rings. The number of hydrogen-bond acceptors (Lipinski definition) is 5. The molecule has 0 aromatic heterocycles. The molecule has 6 nitrogen and oxygen atoms in total. The average molecular weight is 278 g/mol. The van der Waals surface area contributed by atoms with Crippen molar-refractivity contribution >= 4 is 17.2 Å². The molecule has 2 unspecified atom stereocenters. The fourth-order valence-electron chi connectivity index (χ4n) is 2.50. The van der Waals surface area contributed by atoms with Crippen molar-refractivity contribution in [3.8, 4) is 0 Å². The first-order chi connectivity index (χ1) is 9.49. The van der Waals surface area contributed by atoms with Crippen LogP contribution in [0.2, 0.25) is 0 Å². The van der Waals surface area contributed by atoms with Crippen molar-refractivity contribution in [2.75, 3.05) is 5.32 Å². The Morgan fingerprint density at radius 2 is 2.10 bits per heavy atom. The third kappa shape index (κ3) is 3.14. The van der Waals surface area contributed by atoms with E-state index >= 15 is 0 Å². The number of nitrogens with zero attached hydrogens (tertiary/aromatic N) is 1. The number of hydrogen-bond donors (Lipinski definition) is 2. The van der Waals surface area contributed by atoms with Crippen LogP contribution >= 0.6 is 0 Å². The van der Waals surface area contributed by atoms with Crippen LogP contribution in [0.15, 0.2) is 18.2 Å². The highest BCUT2D eigenvalue weighted by molar-refractivity contribution is 5.95. The number of carbonyl (C=O) groups is 1. The number of nitro groups is 1. The number of nitrogens with one attached hydrogen (secondary N) is 1. The van der Waals surface area contributed by atoms with E-state index in [4.69, 9.17) is 0 Å². The maximum Gasteiger partial charge on any atom is 0.293 e. The molecule has 1 aromatic carbocycles. The average Bonchev–Trinajstić information content (AvgIpc) is 2.41. The zero-order chi connectivity index (χ0) is 14.7. The van der Waals surface area contributed by atoms with Crippen LogP contribution in [0.25, 0.3) is 0 Å². The summed E-state index contributed by atoms with van der Waals surface area (Å²) in [6.45, 7) is 1.37. The van der Waals surface area contributed by atoms with Gasteiger partial charge in [0, 0.05) is 11.6 Å². The SMILES string of the molecule is CC(=O)c1ccc(NC2CCCCC2O)c([N+](=O)[O-])c1. The lowest BCUT2D eigenvalue weighted by molar-refractivity contribution is -0.384. The Kier molecular flexibility index (Phi) is 4.34. The summed E-state index contributed by atoms with van der Waals surface area (Å²) in [7, 11) is 0. The topological polar surface area (TPSA) is 92.5 Å². The fourth-order valence-corrected chi connectivity index (χ4v) is 2.50. The van der Waals surface area contributed by atoms with Gasteiger partial charge in [0.2, 0.25) is 0 Å². The summed E-state index contributed by atoms with van der Waals surface area (Å²) < 4.78 is 0. The minimum Gasteiger partial charge on any atom is -0.391 e. The molecule has 0 amide bonds. The van der Waals surface area contributed by atoms with Crippen LogP contribution in [-0.4, -0.2) is 28.0 Å². The molecule has 2 rings (SSSR count). The number of rotatable bonds is 4. The van der Waals surface area contributed by atoms with E-state index in [1.54, 1.807) is 6.07 Å². The van der Waals surface area contributed by atoms with Gasteiger partial charge < -0.3 is 10.4 Å². The molecule has 20 heavy (non-hydrogen) atoms. The monoisotopic (exact) mass is 278 g/mol. The van der Waals surface area contributed by atoms with Crippen LogP contribution in [0.5, 0.6) is 0 Å². The molecule has 0 saturated heterocycles. The number of carbonyl (C=O) groups excluding carboxylic acids is 1. The van der Waals surface area contributed by atoms with Gasteiger partial charge in [-0.05, 0) is 31.9 Å². The van der Waals surface area contributed by atoms with Gasteiger partial charge in [0.25, 0.3) is 5.69 Å². The van der Waals surface area contributed by atoms with Gasteiger partial charge in [-0.3, -0.25) is 14.9 Å². The first kappa shape index (κ1) is 14.5. The summed E-state index contributed by atoms with van der Waals surface area (Å²) in [6, 6.07) is 4.20. The van der Waals surface area contributed by atoms with Crippen molar-refractivity contribution in [1.82, 2.24) is 0 Å². The van der Waals surface area contributed by atoms with E-state index in [0.29, 0.717) is 17.7 Å². The number of benzene rings is 1. The van der Waals surface area contributed by atoms with Crippen LogP contribution < -0.4 is 5.32 Å². The first-order valence-corrected chi connectivity index (χ1v) is 6.73. The summed E-state index contributed by atoms with van der Waals surface area (Å²) >= 11 is 0. The Labute approximate surface area is 117 Å². The first-order valence-electron chi connectivity index (χ1n) is 6.73. The molecule has 1 aliphatic carbocycles. The zero-order valence-electron chi connectivity index (χ0n) is 11.3. The zero-order valence-corrected chi connectivity index (χ0v) is 11.3. The molecule has 0 spiro atoms. The Balaban J connectivity index is 2.26. The maximum absolute atomic E-state index is 11.3. The number of nitro benzene ring substituents is 1. The highest BCUT2D eigenvalue weighted by atomic mass is 16.6. The predicted molar refractivity (Wildman–Crippen MR) is 75.0 cm³/mol. The minimum absolute atomic E-state index is 0.129. The van der Waals surface area contributed by atoms with Gasteiger partial charge in [-0.2, -0.15) is 0 Å². The molecule has 108 valence electrons. The standard InChI is InChI=1S/C14H18N2O4/c1-9(17)10-6-7-11(13(8-10)16(19)20)15-12-4-2-3-5-14(12)18/h6-8,12,14-15,18H,2-5H2,1H3. The molecule has 0 bridgehead atoms. The third-order valence-electron chi connectivity index (χ3n) is 3.67. The van der Waals surface area contributed by atoms with Crippen molar-refractivity contribution in [2.45, 2.75) is 44.8 Å². The normalized spacial score (nSPS) is 22.3. The summed E-state index contributed by atoms with van der Waals surface area (Å²) in [5, 5.41) is 24.1. The van der Waals surface area contributed by atoms with Crippen LogP contribution in [0.1, 0.15) is 43.0 Å². The minimum atomic E-state index is -0.510. The Bertz CT molecular complexity index is 530. The van der Waals surface area contributed by atoms with Crippen molar-refractivity contribution in [3.05, 3.63) is 33.9 Å². The third-order valence-corrected chi connectivity index (χ3v) is 3.67. The lowest BCUT2D eigenvalue weighted by Crippen LogP contribution is -2.36. The second-order valence-corrected chi connectivity index (χ2v) is 5.15. The van der Waals surface area contributed by atoms with Crippen LogP contribution in [0.3, 0.4) is 0 Å². The van der Waals surface area contributed by atoms with Crippen LogP contribution in [0.4, 0.5) is 11.4 Å². The molecule has 1 fully saturated rings. The van der Waals surface area contributed by atoms with E-state index < -0.39 is 11.0 Å².